The van der Waals surface area contributed by atoms with E-state index in [4.69, 9.17) is 11.5 Å². The Morgan fingerprint density at radius 1 is 1.27 bits per heavy atom. The van der Waals surface area contributed by atoms with Gasteiger partial charge in [0.05, 0.1) is 0 Å². The van der Waals surface area contributed by atoms with Gasteiger partial charge in [-0.3, -0.25) is 0 Å². The van der Waals surface area contributed by atoms with Gasteiger partial charge in [0.2, 0.25) is 0 Å². The van der Waals surface area contributed by atoms with Gasteiger partial charge in [0.25, 0.3) is 0 Å². The molecule has 0 radical (unpaired) electrons. The van der Waals surface area contributed by atoms with Gasteiger partial charge in [-0.15, -0.1) is 0 Å². The van der Waals surface area contributed by atoms with Crippen molar-refractivity contribution in [1.82, 2.24) is 4.98 Å². The summed E-state index contributed by atoms with van der Waals surface area (Å²) in [6.07, 6.45) is 6.63. The molecular weight excluding hydrogens is 186 g/mol. The molecule has 1 saturated carbocycles. The molecular formula is C12H19N3. The predicted molar refractivity (Wildman–Crippen MR) is 62.4 cm³/mol. The molecule has 1 aliphatic rings. The Balaban J connectivity index is 2.04. The maximum absolute atomic E-state index is 5.88. The van der Waals surface area contributed by atoms with Crippen LogP contribution in [-0.4, -0.2) is 11.5 Å². The zero-order chi connectivity index (χ0) is 10.7. The zero-order valence-corrected chi connectivity index (χ0v) is 9.02. The summed E-state index contributed by atoms with van der Waals surface area (Å²) in [7, 11) is 0. The van der Waals surface area contributed by atoms with Crippen LogP contribution in [0.3, 0.4) is 0 Å². The largest absolute Gasteiger partial charge is 0.383 e. The van der Waals surface area contributed by atoms with Crippen LogP contribution in [0.2, 0.25) is 0 Å². The molecule has 1 fully saturated rings. The maximum atomic E-state index is 5.88. The maximum Gasteiger partial charge on any atom is 0.126 e. The quantitative estimate of drug-likeness (QED) is 0.775. The Hall–Kier alpha value is -1.09. The van der Waals surface area contributed by atoms with Gasteiger partial charge < -0.3 is 11.5 Å². The fraction of sp³-hybridized carbons (Fsp3) is 0.583. The van der Waals surface area contributed by atoms with E-state index in [0.717, 1.165) is 12.5 Å². The lowest BCUT2D eigenvalue weighted by Gasteiger charge is -2.28. The first kappa shape index (κ1) is 10.4. The number of nitrogen functional groups attached to an aromatic ring is 1. The number of hydrogen-bond donors (Lipinski definition) is 2. The van der Waals surface area contributed by atoms with Gasteiger partial charge in [0, 0.05) is 6.20 Å². The smallest absolute Gasteiger partial charge is 0.126 e. The van der Waals surface area contributed by atoms with Gasteiger partial charge in [-0.2, -0.15) is 0 Å². The molecule has 3 nitrogen and oxygen atoms in total. The van der Waals surface area contributed by atoms with Crippen molar-refractivity contribution >= 4 is 5.82 Å². The van der Waals surface area contributed by atoms with E-state index in [0.29, 0.717) is 11.7 Å². The summed E-state index contributed by atoms with van der Waals surface area (Å²) in [4.78, 5) is 4.15. The molecule has 1 heterocycles. The first-order chi connectivity index (χ1) is 7.31. The summed E-state index contributed by atoms with van der Waals surface area (Å²) >= 11 is 0. The summed E-state index contributed by atoms with van der Waals surface area (Å²) in [5.74, 6) is 2.02. The van der Waals surface area contributed by atoms with Crippen LogP contribution in [-0.2, 0) is 0 Å². The predicted octanol–water partition coefficient (Wildman–Crippen LogP) is 1.90. The molecule has 4 N–H and O–H groups in total. The van der Waals surface area contributed by atoms with E-state index in [1.807, 2.05) is 6.07 Å². The van der Waals surface area contributed by atoms with Crippen molar-refractivity contribution in [3.63, 3.8) is 0 Å². The topological polar surface area (TPSA) is 64.9 Å². The van der Waals surface area contributed by atoms with Crippen LogP contribution in [0.5, 0.6) is 0 Å². The van der Waals surface area contributed by atoms with E-state index >= 15 is 0 Å². The van der Waals surface area contributed by atoms with Crippen molar-refractivity contribution in [3.05, 3.63) is 23.9 Å². The molecule has 3 heteroatoms. The van der Waals surface area contributed by atoms with Crippen LogP contribution in [0.15, 0.2) is 18.3 Å². The highest BCUT2D eigenvalue weighted by molar-refractivity contribution is 5.41. The molecule has 0 aliphatic heterocycles. The van der Waals surface area contributed by atoms with Crippen LogP contribution in [0, 0.1) is 5.92 Å². The van der Waals surface area contributed by atoms with Gasteiger partial charge in [-0.1, -0.05) is 6.07 Å². The minimum absolute atomic E-state index is 0.599. The molecule has 0 saturated heterocycles. The monoisotopic (exact) mass is 205 g/mol. The number of aromatic nitrogens is 1. The average molecular weight is 205 g/mol. The SMILES string of the molecule is NCC1CCC(c2cccnc2N)CC1. The second-order valence-electron chi connectivity index (χ2n) is 4.43. The number of pyridine rings is 1. The van der Waals surface area contributed by atoms with Gasteiger partial charge in [-0.05, 0) is 55.7 Å². The molecule has 0 bridgehead atoms. The highest BCUT2D eigenvalue weighted by atomic mass is 14.8. The van der Waals surface area contributed by atoms with Crippen molar-refractivity contribution in [2.24, 2.45) is 11.7 Å². The Bertz CT molecular complexity index is 316. The van der Waals surface area contributed by atoms with Crippen LogP contribution in [0.1, 0.15) is 37.2 Å². The first-order valence-electron chi connectivity index (χ1n) is 5.71. The molecule has 15 heavy (non-hydrogen) atoms. The fourth-order valence-corrected chi connectivity index (χ4v) is 2.48. The highest BCUT2D eigenvalue weighted by Crippen LogP contribution is 2.36. The third-order valence-corrected chi connectivity index (χ3v) is 3.49. The van der Waals surface area contributed by atoms with E-state index in [2.05, 4.69) is 11.1 Å². The molecule has 0 unspecified atom stereocenters. The molecule has 1 aliphatic carbocycles. The standard InChI is InChI=1S/C12H19N3/c13-8-9-3-5-10(6-4-9)11-2-1-7-15-12(11)14/h1-2,7,9-10H,3-6,8,13H2,(H2,14,15). The molecule has 0 amide bonds. The molecule has 2 rings (SSSR count). The van der Waals surface area contributed by atoms with Crippen LogP contribution < -0.4 is 11.5 Å². The third-order valence-electron chi connectivity index (χ3n) is 3.49. The summed E-state index contributed by atoms with van der Waals surface area (Å²) in [6.45, 7) is 0.829. The number of nitrogens with two attached hydrogens (primary N) is 2. The van der Waals surface area contributed by atoms with Gasteiger partial charge in [-0.25, -0.2) is 4.98 Å². The van der Waals surface area contributed by atoms with Crippen LogP contribution >= 0.6 is 0 Å². The normalized spacial score (nSPS) is 26.5. The Morgan fingerprint density at radius 3 is 2.60 bits per heavy atom. The first-order valence-corrected chi connectivity index (χ1v) is 5.71. The summed E-state index contributed by atoms with van der Waals surface area (Å²) < 4.78 is 0. The van der Waals surface area contributed by atoms with Gasteiger partial charge >= 0.3 is 0 Å². The average Bonchev–Trinajstić information content (AvgIpc) is 2.30. The van der Waals surface area contributed by atoms with Crippen LogP contribution in [0.4, 0.5) is 5.82 Å². The van der Waals surface area contributed by atoms with Crippen molar-refractivity contribution in [3.8, 4) is 0 Å². The second-order valence-corrected chi connectivity index (χ2v) is 4.43. The number of rotatable bonds is 2. The van der Waals surface area contributed by atoms with E-state index in [1.54, 1.807) is 6.20 Å². The van der Waals surface area contributed by atoms with E-state index in [-0.39, 0.29) is 0 Å². The Morgan fingerprint density at radius 2 is 2.00 bits per heavy atom. The lowest BCUT2D eigenvalue weighted by atomic mass is 9.79. The lowest BCUT2D eigenvalue weighted by Crippen LogP contribution is -2.21. The number of anilines is 1. The molecule has 0 spiro atoms. The fourth-order valence-electron chi connectivity index (χ4n) is 2.48. The molecule has 82 valence electrons. The van der Waals surface area contributed by atoms with Crippen LogP contribution in [0.25, 0.3) is 0 Å². The Kier molecular flexibility index (Phi) is 3.21. The van der Waals surface area contributed by atoms with E-state index < -0.39 is 0 Å². The summed E-state index contributed by atoms with van der Waals surface area (Å²) in [6, 6.07) is 4.08. The number of nitrogens with zero attached hydrogens (tertiary/aromatic N) is 1. The summed E-state index contributed by atoms with van der Waals surface area (Å²) in [5.41, 5.74) is 12.8. The molecule has 0 atom stereocenters. The minimum atomic E-state index is 0.599. The van der Waals surface area contributed by atoms with E-state index in [1.165, 1.54) is 31.2 Å². The minimum Gasteiger partial charge on any atom is -0.383 e. The van der Waals surface area contributed by atoms with Crippen molar-refractivity contribution < 1.29 is 0 Å². The van der Waals surface area contributed by atoms with Crippen molar-refractivity contribution in [2.75, 3.05) is 12.3 Å². The second kappa shape index (κ2) is 4.62. The molecule has 0 aromatic carbocycles. The lowest BCUT2D eigenvalue weighted by molar-refractivity contribution is 0.333. The third kappa shape index (κ3) is 2.29. The van der Waals surface area contributed by atoms with Gasteiger partial charge in [0.1, 0.15) is 5.82 Å². The molecule has 1 aromatic heterocycles. The van der Waals surface area contributed by atoms with Gasteiger partial charge in [0.15, 0.2) is 0 Å². The Labute approximate surface area is 90.9 Å². The summed E-state index contributed by atoms with van der Waals surface area (Å²) in [5, 5.41) is 0. The van der Waals surface area contributed by atoms with Crippen molar-refractivity contribution in [2.45, 2.75) is 31.6 Å². The highest BCUT2D eigenvalue weighted by Gasteiger charge is 2.22. The molecule has 1 aromatic rings. The van der Waals surface area contributed by atoms with E-state index in [9.17, 15) is 0 Å². The number of hydrogen-bond acceptors (Lipinski definition) is 3. The zero-order valence-electron chi connectivity index (χ0n) is 9.02. The van der Waals surface area contributed by atoms with Crippen molar-refractivity contribution in [1.29, 1.82) is 0 Å².